The van der Waals surface area contributed by atoms with Crippen molar-refractivity contribution in [1.82, 2.24) is 0 Å². The lowest BCUT2D eigenvalue weighted by Gasteiger charge is -2.25. The molecule has 0 unspecified atom stereocenters. The molecule has 1 saturated heterocycles. The molecule has 0 atom stereocenters. The zero-order valence-corrected chi connectivity index (χ0v) is 9.72. The minimum absolute atomic E-state index is 0.154. The van der Waals surface area contributed by atoms with Gasteiger partial charge in [0.25, 0.3) is 0 Å². The van der Waals surface area contributed by atoms with Crippen molar-refractivity contribution in [1.29, 1.82) is 0 Å². The number of hydrogen-bond donors (Lipinski definition) is 1. The summed E-state index contributed by atoms with van der Waals surface area (Å²) >= 11 is 11.7. The van der Waals surface area contributed by atoms with Gasteiger partial charge in [0, 0.05) is 5.69 Å². The Morgan fingerprint density at radius 1 is 1.44 bits per heavy atom. The van der Waals surface area contributed by atoms with Crippen molar-refractivity contribution >= 4 is 34.9 Å². The molecule has 1 aromatic rings. The largest absolute Gasteiger partial charge is 0.454 e. The minimum Gasteiger partial charge on any atom is -0.454 e. The summed E-state index contributed by atoms with van der Waals surface area (Å²) in [5, 5.41) is 0.389. The van der Waals surface area contributed by atoms with E-state index in [1.54, 1.807) is 0 Å². The number of nitrogens with two attached hydrogens (primary N) is 1. The number of ether oxygens (including phenoxy) is 2. The number of benzene rings is 1. The Morgan fingerprint density at radius 3 is 2.69 bits per heavy atom. The molecule has 2 rings (SSSR count). The van der Waals surface area contributed by atoms with E-state index in [2.05, 4.69) is 0 Å². The number of hydrogen-bond acceptors (Lipinski definition) is 4. The molecule has 0 saturated carbocycles. The van der Waals surface area contributed by atoms with Crippen LogP contribution in [0.1, 0.15) is 10.4 Å². The summed E-state index contributed by atoms with van der Waals surface area (Å²) < 4.78 is 9.99. The molecule has 2 N–H and O–H groups in total. The summed E-state index contributed by atoms with van der Waals surface area (Å²) in [6, 6.07) is 2.92. The van der Waals surface area contributed by atoms with Gasteiger partial charge in [-0.3, -0.25) is 0 Å². The molecule has 1 aromatic carbocycles. The average Bonchev–Trinajstić information content (AvgIpc) is 2.17. The van der Waals surface area contributed by atoms with Crippen molar-refractivity contribution in [2.24, 2.45) is 0 Å². The smallest absolute Gasteiger partial charge is 0.340 e. The molecule has 0 spiro atoms. The van der Waals surface area contributed by atoms with Gasteiger partial charge in [-0.15, -0.1) is 0 Å². The SMILES string of the molecule is Nc1cc(Cl)c(Cl)c(C(=O)OC2COC2)c1. The predicted octanol–water partition coefficient (Wildman–Crippen LogP) is 2.13. The molecule has 0 bridgehead atoms. The highest BCUT2D eigenvalue weighted by Crippen LogP contribution is 2.29. The Kier molecular flexibility index (Phi) is 3.23. The average molecular weight is 262 g/mol. The zero-order valence-electron chi connectivity index (χ0n) is 8.20. The van der Waals surface area contributed by atoms with E-state index in [9.17, 15) is 4.79 Å². The van der Waals surface area contributed by atoms with E-state index in [4.69, 9.17) is 38.4 Å². The van der Waals surface area contributed by atoms with Crippen molar-refractivity contribution in [2.75, 3.05) is 18.9 Å². The monoisotopic (exact) mass is 261 g/mol. The van der Waals surface area contributed by atoms with Crippen molar-refractivity contribution in [3.05, 3.63) is 27.7 Å². The van der Waals surface area contributed by atoms with E-state index in [1.807, 2.05) is 0 Å². The number of carbonyl (C=O) groups is 1. The van der Waals surface area contributed by atoms with Gasteiger partial charge >= 0.3 is 5.97 Å². The normalized spacial score (nSPS) is 15.6. The molecule has 1 aliphatic rings. The number of halogens is 2. The van der Waals surface area contributed by atoms with Gasteiger partial charge in [0.2, 0.25) is 0 Å². The lowest BCUT2D eigenvalue weighted by Crippen LogP contribution is -2.37. The highest BCUT2D eigenvalue weighted by molar-refractivity contribution is 6.44. The van der Waals surface area contributed by atoms with Gasteiger partial charge in [-0.05, 0) is 12.1 Å². The first-order valence-corrected chi connectivity index (χ1v) is 5.37. The van der Waals surface area contributed by atoms with Gasteiger partial charge in [-0.25, -0.2) is 4.79 Å². The molecule has 86 valence electrons. The maximum atomic E-state index is 11.7. The molecule has 0 amide bonds. The van der Waals surface area contributed by atoms with E-state index in [0.717, 1.165) is 0 Å². The lowest BCUT2D eigenvalue weighted by atomic mass is 10.2. The molecule has 4 nitrogen and oxygen atoms in total. The van der Waals surface area contributed by atoms with Crippen LogP contribution in [0, 0.1) is 0 Å². The van der Waals surface area contributed by atoms with Crippen LogP contribution in [0.3, 0.4) is 0 Å². The van der Waals surface area contributed by atoms with Gasteiger partial charge in [-0.2, -0.15) is 0 Å². The van der Waals surface area contributed by atoms with Crippen LogP contribution in [0.25, 0.3) is 0 Å². The number of esters is 1. The van der Waals surface area contributed by atoms with Crippen molar-refractivity contribution < 1.29 is 14.3 Å². The van der Waals surface area contributed by atoms with Gasteiger partial charge in [0.05, 0.1) is 28.8 Å². The predicted molar refractivity (Wildman–Crippen MR) is 60.9 cm³/mol. The minimum atomic E-state index is -0.535. The highest BCUT2D eigenvalue weighted by Gasteiger charge is 2.25. The summed E-state index contributed by atoms with van der Waals surface area (Å²) in [6.45, 7) is 0.832. The molecule has 0 radical (unpaired) electrons. The van der Waals surface area contributed by atoms with Gasteiger partial charge in [0.1, 0.15) is 6.10 Å². The van der Waals surface area contributed by atoms with Crippen molar-refractivity contribution in [3.63, 3.8) is 0 Å². The second-order valence-electron chi connectivity index (χ2n) is 3.43. The molecule has 0 aromatic heterocycles. The van der Waals surface area contributed by atoms with Crippen LogP contribution in [0.15, 0.2) is 12.1 Å². The van der Waals surface area contributed by atoms with Crippen LogP contribution in [0.2, 0.25) is 10.0 Å². The molecule has 16 heavy (non-hydrogen) atoms. The molecular formula is C10H9Cl2NO3. The first-order valence-electron chi connectivity index (χ1n) is 4.61. The van der Waals surface area contributed by atoms with Gasteiger partial charge < -0.3 is 15.2 Å². The molecule has 0 aliphatic carbocycles. The number of nitrogen functional groups attached to an aromatic ring is 1. The first-order chi connectivity index (χ1) is 7.58. The molecule has 1 fully saturated rings. The fraction of sp³-hybridized carbons (Fsp3) is 0.300. The van der Waals surface area contributed by atoms with E-state index in [-0.39, 0.29) is 21.7 Å². The van der Waals surface area contributed by atoms with Crippen molar-refractivity contribution in [2.45, 2.75) is 6.10 Å². The Morgan fingerprint density at radius 2 is 2.12 bits per heavy atom. The van der Waals surface area contributed by atoms with Crippen LogP contribution < -0.4 is 5.73 Å². The maximum Gasteiger partial charge on any atom is 0.340 e. The summed E-state index contributed by atoms with van der Waals surface area (Å²) in [5.74, 6) is -0.535. The maximum absolute atomic E-state index is 11.7. The topological polar surface area (TPSA) is 61.6 Å². The quantitative estimate of drug-likeness (QED) is 0.655. The van der Waals surface area contributed by atoms with E-state index >= 15 is 0 Å². The Bertz CT molecular complexity index is 432. The van der Waals surface area contributed by atoms with Crippen LogP contribution in [-0.4, -0.2) is 25.3 Å². The summed E-state index contributed by atoms with van der Waals surface area (Å²) in [4.78, 5) is 11.7. The fourth-order valence-electron chi connectivity index (χ4n) is 1.26. The van der Waals surface area contributed by atoms with E-state index in [0.29, 0.717) is 18.9 Å². The lowest BCUT2D eigenvalue weighted by molar-refractivity contribution is -0.103. The second-order valence-corrected chi connectivity index (χ2v) is 4.21. The Balaban J connectivity index is 2.21. The third-order valence-electron chi connectivity index (χ3n) is 2.15. The Labute approximate surface area is 102 Å². The van der Waals surface area contributed by atoms with Crippen LogP contribution in [0.5, 0.6) is 0 Å². The van der Waals surface area contributed by atoms with E-state index < -0.39 is 5.97 Å². The highest BCUT2D eigenvalue weighted by atomic mass is 35.5. The Hall–Kier alpha value is -0.970. The van der Waals surface area contributed by atoms with Crippen LogP contribution >= 0.6 is 23.2 Å². The zero-order chi connectivity index (χ0) is 11.7. The molecule has 1 heterocycles. The van der Waals surface area contributed by atoms with E-state index in [1.165, 1.54) is 12.1 Å². The summed E-state index contributed by atoms with van der Waals surface area (Å²) in [7, 11) is 0. The molecule has 6 heteroatoms. The number of anilines is 1. The standard InChI is InChI=1S/C10H9Cl2NO3/c11-8-2-5(13)1-7(9(8)12)10(14)16-6-3-15-4-6/h1-2,6H,3-4,13H2. The van der Waals surface area contributed by atoms with Crippen LogP contribution in [0.4, 0.5) is 5.69 Å². The number of rotatable bonds is 2. The second kappa shape index (κ2) is 4.49. The van der Waals surface area contributed by atoms with Gasteiger partial charge in [0.15, 0.2) is 0 Å². The molecular weight excluding hydrogens is 253 g/mol. The van der Waals surface area contributed by atoms with Crippen molar-refractivity contribution in [3.8, 4) is 0 Å². The van der Waals surface area contributed by atoms with Gasteiger partial charge in [-0.1, -0.05) is 23.2 Å². The first kappa shape index (κ1) is 11.5. The fourth-order valence-corrected chi connectivity index (χ4v) is 1.67. The van der Waals surface area contributed by atoms with Crippen LogP contribution in [-0.2, 0) is 9.47 Å². The third kappa shape index (κ3) is 2.24. The third-order valence-corrected chi connectivity index (χ3v) is 2.95. The summed E-state index contributed by atoms with van der Waals surface area (Å²) in [6.07, 6.45) is -0.205. The number of carbonyl (C=O) groups excluding carboxylic acids is 1. The molecule has 1 aliphatic heterocycles. The summed E-state index contributed by atoms with van der Waals surface area (Å²) in [5.41, 5.74) is 6.11.